The van der Waals surface area contributed by atoms with Crippen molar-refractivity contribution in [3.05, 3.63) is 59.7 Å². The van der Waals surface area contributed by atoms with Crippen LogP contribution in [0.1, 0.15) is 11.1 Å². The van der Waals surface area contributed by atoms with Crippen LogP contribution >= 0.6 is 0 Å². The summed E-state index contributed by atoms with van der Waals surface area (Å²) in [5.41, 5.74) is 6.80. The number of nitriles is 1. The smallest absolute Gasteiger partial charge is 0.287 e. The van der Waals surface area contributed by atoms with Crippen molar-refractivity contribution in [2.45, 2.75) is 11.4 Å². The van der Waals surface area contributed by atoms with Crippen LogP contribution in [0.5, 0.6) is 0 Å². The largest absolute Gasteiger partial charge is 0.363 e. The summed E-state index contributed by atoms with van der Waals surface area (Å²) in [5, 5.41) is 12.2. The molecule has 0 atom stereocenters. The lowest BCUT2D eigenvalue weighted by molar-refractivity contribution is -0.112. The number of nitrogens with two attached hydrogens (primary N) is 1. The fourth-order valence-electron chi connectivity index (χ4n) is 2.96. The Bertz CT molecular complexity index is 1180. The van der Waals surface area contributed by atoms with Gasteiger partial charge in [-0.25, -0.2) is 5.01 Å². The molecule has 0 saturated heterocycles. The number of carbonyl (C=O) groups is 1. The van der Waals surface area contributed by atoms with Gasteiger partial charge in [0.2, 0.25) is 5.84 Å². The first-order chi connectivity index (χ1) is 12.9. The van der Waals surface area contributed by atoms with Gasteiger partial charge in [-0.2, -0.15) is 18.7 Å². The summed E-state index contributed by atoms with van der Waals surface area (Å²) < 4.78 is 28.5. The van der Waals surface area contributed by atoms with E-state index < -0.39 is 15.9 Å². The van der Waals surface area contributed by atoms with Crippen LogP contribution in [0.15, 0.2) is 62.8 Å². The Kier molecular flexibility index (Phi) is 3.67. The van der Waals surface area contributed by atoms with Crippen molar-refractivity contribution in [3.63, 3.8) is 0 Å². The number of hydrazine groups is 1. The highest BCUT2D eigenvalue weighted by atomic mass is 32.2. The minimum absolute atomic E-state index is 0.00626. The number of benzene rings is 2. The van der Waals surface area contributed by atoms with Gasteiger partial charge in [0.15, 0.2) is 0 Å². The molecule has 0 aliphatic carbocycles. The summed E-state index contributed by atoms with van der Waals surface area (Å²) in [6.45, 7) is 0.0823. The number of primary amides is 1. The van der Waals surface area contributed by atoms with Crippen LogP contribution in [0.25, 0.3) is 0 Å². The van der Waals surface area contributed by atoms with Crippen LogP contribution < -0.4 is 10.7 Å². The molecule has 2 aliphatic heterocycles. The van der Waals surface area contributed by atoms with E-state index in [-0.39, 0.29) is 23.2 Å². The zero-order valence-corrected chi connectivity index (χ0v) is 14.6. The zero-order chi connectivity index (χ0) is 19.2. The maximum atomic E-state index is 12.4. The number of guanidine groups is 1. The molecule has 0 bridgehead atoms. The van der Waals surface area contributed by atoms with Crippen molar-refractivity contribution in [3.8, 4) is 6.07 Å². The summed E-state index contributed by atoms with van der Waals surface area (Å²) in [4.78, 5) is 15.9. The number of amidine groups is 1. The maximum Gasteiger partial charge on any atom is 0.287 e. The molecule has 4 rings (SSSR count). The van der Waals surface area contributed by atoms with Gasteiger partial charge in [-0.05, 0) is 23.8 Å². The number of sulfonamides is 1. The predicted molar refractivity (Wildman–Crippen MR) is 96.9 cm³/mol. The van der Waals surface area contributed by atoms with Gasteiger partial charge in [0, 0.05) is 0 Å². The van der Waals surface area contributed by atoms with Crippen molar-refractivity contribution in [2.24, 2.45) is 15.1 Å². The zero-order valence-electron chi connectivity index (χ0n) is 13.8. The third-order valence-corrected chi connectivity index (χ3v) is 5.44. The van der Waals surface area contributed by atoms with Gasteiger partial charge in [0.05, 0.1) is 23.9 Å². The van der Waals surface area contributed by atoms with Gasteiger partial charge in [-0.15, -0.1) is 4.40 Å². The molecule has 2 heterocycles. The quantitative estimate of drug-likeness (QED) is 0.835. The molecule has 0 unspecified atom stereocenters. The number of aliphatic imine (C=N–C) groups is 1. The van der Waals surface area contributed by atoms with Gasteiger partial charge in [0.25, 0.3) is 21.9 Å². The van der Waals surface area contributed by atoms with E-state index in [2.05, 4.69) is 15.5 Å². The Hall–Kier alpha value is -3.71. The maximum absolute atomic E-state index is 12.4. The Morgan fingerprint density at radius 2 is 1.85 bits per heavy atom. The van der Waals surface area contributed by atoms with Crippen LogP contribution in [-0.2, 0) is 21.4 Å². The van der Waals surface area contributed by atoms with E-state index >= 15 is 0 Å². The monoisotopic (exact) mass is 380 g/mol. The normalized spacial score (nSPS) is 16.7. The third kappa shape index (κ3) is 2.61. The first-order valence-corrected chi connectivity index (χ1v) is 9.24. The number of anilines is 1. The molecule has 0 spiro atoms. The van der Waals surface area contributed by atoms with Crippen molar-refractivity contribution < 1.29 is 13.2 Å². The lowest BCUT2D eigenvalue weighted by Gasteiger charge is -2.33. The Morgan fingerprint density at radius 3 is 2.59 bits per heavy atom. The molecule has 0 aromatic heterocycles. The lowest BCUT2D eigenvalue weighted by atomic mass is 10.1. The second-order valence-electron chi connectivity index (χ2n) is 5.77. The second kappa shape index (κ2) is 5.93. The number of carbonyl (C=O) groups excluding carboxylic acids is 1. The summed E-state index contributed by atoms with van der Waals surface area (Å²) in [5.74, 6) is -1.17. The van der Waals surface area contributed by atoms with Crippen LogP contribution in [0.4, 0.5) is 5.69 Å². The molecule has 134 valence electrons. The van der Waals surface area contributed by atoms with Gasteiger partial charge < -0.3 is 5.73 Å². The topological polar surface area (TPSA) is 132 Å². The van der Waals surface area contributed by atoms with Gasteiger partial charge in [0.1, 0.15) is 4.90 Å². The molecule has 1 amide bonds. The fraction of sp³-hybridized carbons (Fsp3) is 0.0588. The third-order valence-electron chi connectivity index (χ3n) is 4.13. The molecule has 2 aromatic carbocycles. The number of amides is 1. The molecule has 2 N–H and O–H groups in total. The van der Waals surface area contributed by atoms with E-state index in [1.807, 2.05) is 0 Å². The average Bonchev–Trinajstić information content (AvgIpc) is 3.00. The molecule has 2 aliphatic rings. The first-order valence-electron chi connectivity index (χ1n) is 7.80. The van der Waals surface area contributed by atoms with Crippen LogP contribution in [0.3, 0.4) is 0 Å². The molecular formula is C17H12N6O3S. The SMILES string of the molecule is N#Cc1ccccc1CN1C(C(N)=O)=NC2=NS(=O)(=O)c3ccccc3N21. The molecular weight excluding hydrogens is 368 g/mol. The highest BCUT2D eigenvalue weighted by molar-refractivity contribution is 7.90. The number of nitrogens with zero attached hydrogens (tertiary/aromatic N) is 5. The van der Waals surface area contributed by atoms with Crippen LogP contribution in [0, 0.1) is 11.3 Å². The van der Waals surface area contributed by atoms with Crippen molar-refractivity contribution in [1.82, 2.24) is 5.01 Å². The summed E-state index contributed by atoms with van der Waals surface area (Å²) in [7, 11) is -3.95. The highest BCUT2D eigenvalue weighted by Crippen LogP contribution is 2.35. The van der Waals surface area contributed by atoms with E-state index in [1.165, 1.54) is 16.1 Å². The molecule has 2 aromatic rings. The van der Waals surface area contributed by atoms with Crippen molar-refractivity contribution in [1.29, 1.82) is 5.26 Å². The van der Waals surface area contributed by atoms with Crippen molar-refractivity contribution in [2.75, 3.05) is 5.01 Å². The number of hydrogen-bond acceptors (Lipinski definition) is 7. The molecule has 0 fully saturated rings. The number of para-hydroxylation sites is 1. The lowest BCUT2D eigenvalue weighted by Crippen LogP contribution is -2.48. The second-order valence-corrected chi connectivity index (χ2v) is 7.34. The molecule has 9 nitrogen and oxygen atoms in total. The first kappa shape index (κ1) is 16.7. The van der Waals surface area contributed by atoms with E-state index in [9.17, 15) is 18.5 Å². The molecule has 10 heteroatoms. The standard InChI is InChI=1S/C17H12N6O3S/c18-9-11-5-1-2-6-12(11)10-22-16(15(19)24)20-17-21-27(25,26)14-8-4-3-7-13(14)23(17)22/h1-8H,10H2,(H2,19,24). The summed E-state index contributed by atoms with van der Waals surface area (Å²) >= 11 is 0. The minimum atomic E-state index is -3.95. The average molecular weight is 380 g/mol. The predicted octanol–water partition coefficient (Wildman–Crippen LogP) is 0.738. The highest BCUT2D eigenvalue weighted by Gasteiger charge is 2.41. The van der Waals surface area contributed by atoms with Gasteiger partial charge in [-0.1, -0.05) is 30.3 Å². The van der Waals surface area contributed by atoms with E-state index in [0.29, 0.717) is 16.8 Å². The summed E-state index contributed by atoms with van der Waals surface area (Å²) in [6, 6.07) is 15.2. The molecule has 27 heavy (non-hydrogen) atoms. The molecule has 0 radical (unpaired) electrons. The van der Waals surface area contributed by atoms with E-state index in [4.69, 9.17) is 5.73 Å². The van der Waals surface area contributed by atoms with E-state index in [0.717, 1.165) is 0 Å². The Balaban J connectivity index is 1.88. The number of rotatable bonds is 3. The Labute approximate surface area is 154 Å². The van der Waals surface area contributed by atoms with E-state index in [1.54, 1.807) is 42.5 Å². The minimum Gasteiger partial charge on any atom is -0.363 e. The number of hydrogen-bond donors (Lipinski definition) is 1. The number of fused-ring (bicyclic) bond motifs is 3. The summed E-state index contributed by atoms with van der Waals surface area (Å²) in [6.07, 6.45) is 0. The van der Waals surface area contributed by atoms with Gasteiger partial charge >= 0.3 is 0 Å². The fourth-order valence-corrected chi connectivity index (χ4v) is 4.06. The van der Waals surface area contributed by atoms with Crippen LogP contribution in [0.2, 0.25) is 0 Å². The van der Waals surface area contributed by atoms with Gasteiger partial charge in [-0.3, -0.25) is 9.80 Å². The Morgan fingerprint density at radius 1 is 1.15 bits per heavy atom. The van der Waals surface area contributed by atoms with Crippen LogP contribution in [-0.4, -0.2) is 31.1 Å². The van der Waals surface area contributed by atoms with Crippen molar-refractivity contribution >= 4 is 33.4 Å². The molecule has 0 saturated carbocycles.